The van der Waals surface area contributed by atoms with Crippen LogP contribution in [-0.2, 0) is 20.8 Å². The summed E-state index contributed by atoms with van der Waals surface area (Å²) in [5, 5.41) is 5.73. The Morgan fingerprint density at radius 1 is 1.19 bits per heavy atom. The Kier molecular flexibility index (Phi) is 7.38. The molecule has 1 saturated heterocycles. The summed E-state index contributed by atoms with van der Waals surface area (Å²) in [7, 11) is 0. The highest BCUT2D eigenvalue weighted by Crippen LogP contribution is 2.13. The fourth-order valence-corrected chi connectivity index (χ4v) is 3.01. The van der Waals surface area contributed by atoms with Gasteiger partial charge in [0, 0.05) is 31.2 Å². The molecule has 0 spiro atoms. The molecule has 6 nitrogen and oxygen atoms in total. The molecule has 1 aromatic carbocycles. The molecule has 0 aromatic heterocycles. The van der Waals surface area contributed by atoms with E-state index in [2.05, 4.69) is 17.2 Å². The summed E-state index contributed by atoms with van der Waals surface area (Å²) in [5.41, 5.74) is 1.55. The number of amides is 3. The minimum atomic E-state index is -0.265. The Balaban J connectivity index is 1.76. The van der Waals surface area contributed by atoms with Crippen LogP contribution in [-0.4, -0.2) is 41.8 Å². The molecule has 0 bridgehead atoms. The van der Waals surface area contributed by atoms with Gasteiger partial charge in [-0.2, -0.15) is 0 Å². The highest BCUT2D eigenvalue weighted by atomic mass is 16.2. The highest BCUT2D eigenvalue weighted by Gasteiger charge is 2.23. The van der Waals surface area contributed by atoms with Crippen molar-refractivity contribution in [3.63, 3.8) is 0 Å². The van der Waals surface area contributed by atoms with Crippen molar-refractivity contribution in [2.75, 3.05) is 18.4 Å². The SMILES string of the molecule is C=CC(=O)Nc1ccc(CC(=O)NC2CCN(C(=O)CCC)CC2)cc1. The van der Waals surface area contributed by atoms with Crippen LogP contribution in [0.2, 0.25) is 0 Å². The lowest BCUT2D eigenvalue weighted by atomic mass is 10.0. The lowest BCUT2D eigenvalue weighted by molar-refractivity contribution is -0.132. The molecule has 6 heteroatoms. The number of nitrogens with zero attached hydrogens (tertiary/aromatic N) is 1. The number of piperidine rings is 1. The first-order valence-electron chi connectivity index (χ1n) is 9.11. The van der Waals surface area contributed by atoms with E-state index in [1.165, 1.54) is 6.08 Å². The number of benzene rings is 1. The second-order valence-electron chi connectivity index (χ2n) is 6.54. The van der Waals surface area contributed by atoms with Crippen molar-refractivity contribution in [3.8, 4) is 0 Å². The van der Waals surface area contributed by atoms with E-state index in [1.807, 2.05) is 24.0 Å². The first-order valence-corrected chi connectivity index (χ1v) is 9.11. The number of likely N-dealkylation sites (tertiary alicyclic amines) is 1. The number of hydrogen-bond acceptors (Lipinski definition) is 3. The van der Waals surface area contributed by atoms with E-state index in [1.54, 1.807) is 12.1 Å². The maximum atomic E-state index is 12.2. The highest BCUT2D eigenvalue weighted by molar-refractivity contribution is 5.98. The molecule has 0 saturated carbocycles. The summed E-state index contributed by atoms with van der Waals surface area (Å²) in [6.07, 6.45) is 4.57. The van der Waals surface area contributed by atoms with Gasteiger partial charge < -0.3 is 15.5 Å². The molecule has 140 valence electrons. The van der Waals surface area contributed by atoms with Crippen molar-refractivity contribution < 1.29 is 14.4 Å². The Morgan fingerprint density at radius 3 is 2.42 bits per heavy atom. The van der Waals surface area contributed by atoms with Gasteiger partial charge in [-0.05, 0) is 43.0 Å². The number of carbonyl (C=O) groups is 3. The van der Waals surface area contributed by atoms with Crippen LogP contribution >= 0.6 is 0 Å². The third kappa shape index (κ3) is 6.02. The topological polar surface area (TPSA) is 78.5 Å². The molecule has 1 fully saturated rings. The maximum absolute atomic E-state index is 12.2. The second kappa shape index (κ2) is 9.75. The molecule has 26 heavy (non-hydrogen) atoms. The quantitative estimate of drug-likeness (QED) is 0.735. The van der Waals surface area contributed by atoms with Gasteiger partial charge in [-0.15, -0.1) is 0 Å². The zero-order chi connectivity index (χ0) is 18.9. The van der Waals surface area contributed by atoms with Gasteiger partial charge in [-0.1, -0.05) is 25.6 Å². The van der Waals surface area contributed by atoms with E-state index in [9.17, 15) is 14.4 Å². The van der Waals surface area contributed by atoms with Crippen LogP contribution in [0.25, 0.3) is 0 Å². The molecule has 0 atom stereocenters. The van der Waals surface area contributed by atoms with Crippen LogP contribution in [0.5, 0.6) is 0 Å². The minimum absolute atomic E-state index is 0.0220. The van der Waals surface area contributed by atoms with Crippen molar-refractivity contribution in [3.05, 3.63) is 42.5 Å². The van der Waals surface area contributed by atoms with E-state index in [4.69, 9.17) is 0 Å². The molecule has 0 aliphatic carbocycles. The number of rotatable bonds is 7. The number of hydrogen-bond donors (Lipinski definition) is 2. The van der Waals surface area contributed by atoms with Crippen LogP contribution < -0.4 is 10.6 Å². The molecular formula is C20H27N3O3. The molecule has 0 radical (unpaired) electrons. The smallest absolute Gasteiger partial charge is 0.247 e. The molecule has 2 rings (SSSR count). The predicted octanol–water partition coefficient (Wildman–Crippen LogP) is 2.26. The summed E-state index contributed by atoms with van der Waals surface area (Å²) < 4.78 is 0. The van der Waals surface area contributed by atoms with Gasteiger partial charge in [-0.25, -0.2) is 0 Å². The summed E-state index contributed by atoms with van der Waals surface area (Å²) in [6.45, 7) is 6.83. The van der Waals surface area contributed by atoms with Crippen molar-refractivity contribution in [1.82, 2.24) is 10.2 Å². The van der Waals surface area contributed by atoms with E-state index in [0.29, 0.717) is 31.6 Å². The average molecular weight is 357 g/mol. The standard InChI is InChI=1S/C20H27N3O3/c1-3-5-20(26)23-12-10-17(11-13-23)22-19(25)14-15-6-8-16(9-7-15)21-18(24)4-2/h4,6-9,17H,2-3,5,10-14H2,1H3,(H,21,24)(H,22,25). The second-order valence-corrected chi connectivity index (χ2v) is 6.54. The molecular weight excluding hydrogens is 330 g/mol. The molecule has 1 aliphatic heterocycles. The van der Waals surface area contributed by atoms with Crippen LogP contribution in [0.15, 0.2) is 36.9 Å². The van der Waals surface area contributed by atoms with Crippen molar-refractivity contribution in [2.24, 2.45) is 0 Å². The molecule has 0 unspecified atom stereocenters. The van der Waals surface area contributed by atoms with Crippen LogP contribution in [0.1, 0.15) is 38.2 Å². The van der Waals surface area contributed by atoms with Crippen LogP contribution in [0.3, 0.4) is 0 Å². The third-order valence-corrected chi connectivity index (χ3v) is 4.45. The predicted molar refractivity (Wildman–Crippen MR) is 102 cm³/mol. The van der Waals surface area contributed by atoms with Crippen LogP contribution in [0.4, 0.5) is 5.69 Å². The molecule has 1 aliphatic rings. The lowest BCUT2D eigenvalue weighted by Gasteiger charge is -2.32. The summed E-state index contributed by atoms with van der Waals surface area (Å²) in [5.74, 6) is -0.0774. The van der Waals surface area contributed by atoms with Gasteiger partial charge in [0.1, 0.15) is 0 Å². The molecule has 1 heterocycles. The zero-order valence-electron chi connectivity index (χ0n) is 15.3. The zero-order valence-corrected chi connectivity index (χ0v) is 15.3. The number of nitrogens with one attached hydrogen (secondary N) is 2. The first-order chi connectivity index (χ1) is 12.5. The van der Waals surface area contributed by atoms with E-state index >= 15 is 0 Å². The summed E-state index contributed by atoms with van der Waals surface area (Å²) in [6, 6.07) is 7.30. The van der Waals surface area contributed by atoms with Crippen molar-refractivity contribution >= 4 is 23.4 Å². The van der Waals surface area contributed by atoms with E-state index in [-0.39, 0.29) is 23.8 Å². The lowest BCUT2D eigenvalue weighted by Crippen LogP contribution is -2.46. The third-order valence-electron chi connectivity index (χ3n) is 4.45. The Labute approximate surface area is 154 Å². The van der Waals surface area contributed by atoms with Crippen molar-refractivity contribution in [1.29, 1.82) is 0 Å². The summed E-state index contributed by atoms with van der Waals surface area (Å²) in [4.78, 5) is 37.3. The average Bonchev–Trinajstić information content (AvgIpc) is 2.64. The van der Waals surface area contributed by atoms with Gasteiger partial charge in [0.15, 0.2) is 0 Å². The largest absolute Gasteiger partial charge is 0.353 e. The van der Waals surface area contributed by atoms with Gasteiger partial charge in [-0.3, -0.25) is 14.4 Å². The monoisotopic (exact) mass is 357 g/mol. The van der Waals surface area contributed by atoms with Crippen molar-refractivity contribution in [2.45, 2.75) is 45.1 Å². The Morgan fingerprint density at radius 2 is 1.85 bits per heavy atom. The molecule has 3 amide bonds. The molecule has 2 N–H and O–H groups in total. The molecule has 1 aromatic rings. The number of carbonyl (C=O) groups excluding carboxylic acids is 3. The van der Waals surface area contributed by atoms with E-state index < -0.39 is 0 Å². The Hall–Kier alpha value is -2.63. The fraction of sp³-hybridized carbons (Fsp3) is 0.450. The van der Waals surface area contributed by atoms with Gasteiger partial charge in [0.05, 0.1) is 6.42 Å². The minimum Gasteiger partial charge on any atom is -0.353 e. The van der Waals surface area contributed by atoms with Gasteiger partial charge >= 0.3 is 0 Å². The van der Waals surface area contributed by atoms with Gasteiger partial charge in [0.2, 0.25) is 17.7 Å². The first kappa shape index (κ1) is 19.7. The van der Waals surface area contributed by atoms with Crippen LogP contribution in [0, 0.1) is 0 Å². The summed E-state index contributed by atoms with van der Waals surface area (Å²) >= 11 is 0. The van der Waals surface area contributed by atoms with E-state index in [0.717, 1.165) is 24.8 Å². The normalized spacial score (nSPS) is 14.6. The fourth-order valence-electron chi connectivity index (χ4n) is 3.01. The Bertz CT molecular complexity index is 647. The van der Waals surface area contributed by atoms with Gasteiger partial charge in [0.25, 0.3) is 0 Å². The maximum Gasteiger partial charge on any atom is 0.247 e. The number of anilines is 1.